The van der Waals surface area contributed by atoms with Crippen molar-refractivity contribution < 1.29 is 17.9 Å². The van der Waals surface area contributed by atoms with Crippen LogP contribution < -0.4 is 13.8 Å². The number of sulfonamides is 1. The van der Waals surface area contributed by atoms with E-state index in [1.807, 2.05) is 19.9 Å². The van der Waals surface area contributed by atoms with Crippen molar-refractivity contribution in [2.24, 2.45) is 0 Å². The molecule has 1 heterocycles. The molecule has 6 heteroatoms. The molecule has 0 spiro atoms. The van der Waals surface area contributed by atoms with Gasteiger partial charge in [-0.2, -0.15) is 0 Å². The molecule has 5 nitrogen and oxygen atoms in total. The van der Waals surface area contributed by atoms with Gasteiger partial charge in [-0.15, -0.1) is 0 Å². The molecule has 0 atom stereocenters. The Labute approximate surface area is 136 Å². The van der Waals surface area contributed by atoms with Crippen molar-refractivity contribution in [1.29, 1.82) is 0 Å². The predicted molar refractivity (Wildman–Crippen MR) is 88.8 cm³/mol. The van der Waals surface area contributed by atoms with Crippen LogP contribution in [0.4, 0.5) is 5.69 Å². The normalized spacial score (nSPS) is 14.1. The molecule has 0 N–H and O–H groups in total. The number of aryl methyl sites for hydroxylation is 1. The smallest absolute Gasteiger partial charge is 0.264 e. The van der Waals surface area contributed by atoms with Crippen LogP contribution in [0.2, 0.25) is 0 Å². The van der Waals surface area contributed by atoms with E-state index in [0.29, 0.717) is 36.9 Å². The van der Waals surface area contributed by atoms with E-state index in [0.717, 1.165) is 5.56 Å². The monoisotopic (exact) mass is 333 g/mol. The second-order valence-corrected chi connectivity index (χ2v) is 7.12. The Kier molecular flexibility index (Phi) is 4.17. The van der Waals surface area contributed by atoms with Gasteiger partial charge in [-0.3, -0.25) is 4.31 Å². The molecule has 1 aliphatic rings. The minimum absolute atomic E-state index is 0.259. The van der Waals surface area contributed by atoms with Crippen LogP contribution in [0.3, 0.4) is 0 Å². The van der Waals surface area contributed by atoms with Crippen LogP contribution in [-0.4, -0.2) is 28.2 Å². The number of fused-ring (bicyclic) bond motifs is 1. The van der Waals surface area contributed by atoms with Gasteiger partial charge in [0.15, 0.2) is 0 Å². The summed E-state index contributed by atoms with van der Waals surface area (Å²) in [5.41, 5.74) is 1.37. The lowest BCUT2D eigenvalue weighted by Crippen LogP contribution is -2.37. The van der Waals surface area contributed by atoms with Gasteiger partial charge in [-0.25, -0.2) is 8.42 Å². The maximum absolute atomic E-state index is 13.0. The standard InChI is InChI=1S/C17H19NO4S/c1-3-21-16-9-8-14(12-13(16)2)23(19,20)18-10-11-22-17-7-5-4-6-15(17)18/h4-9,12H,3,10-11H2,1-2H3. The fourth-order valence-corrected chi connectivity index (χ4v) is 4.17. The first-order valence-electron chi connectivity index (χ1n) is 7.52. The van der Waals surface area contributed by atoms with E-state index in [1.54, 1.807) is 36.4 Å². The number of anilines is 1. The molecule has 0 amide bonds. The molecule has 2 aromatic carbocycles. The van der Waals surface area contributed by atoms with Crippen molar-refractivity contribution >= 4 is 15.7 Å². The van der Waals surface area contributed by atoms with Gasteiger partial charge < -0.3 is 9.47 Å². The average Bonchev–Trinajstić information content (AvgIpc) is 2.56. The minimum atomic E-state index is -3.63. The van der Waals surface area contributed by atoms with Crippen molar-refractivity contribution in [2.75, 3.05) is 24.1 Å². The zero-order chi connectivity index (χ0) is 16.4. The third kappa shape index (κ3) is 2.86. The van der Waals surface area contributed by atoms with Crippen molar-refractivity contribution in [2.45, 2.75) is 18.7 Å². The Morgan fingerprint density at radius 2 is 2.00 bits per heavy atom. The quantitative estimate of drug-likeness (QED) is 0.863. The molecule has 0 saturated heterocycles. The summed E-state index contributed by atoms with van der Waals surface area (Å²) in [6, 6.07) is 12.1. The first kappa shape index (κ1) is 15.7. The topological polar surface area (TPSA) is 55.8 Å². The summed E-state index contributed by atoms with van der Waals surface area (Å²) in [6.07, 6.45) is 0. The van der Waals surface area contributed by atoms with Gasteiger partial charge in [0, 0.05) is 0 Å². The fraction of sp³-hybridized carbons (Fsp3) is 0.294. The predicted octanol–water partition coefficient (Wildman–Crippen LogP) is 2.98. The van der Waals surface area contributed by atoms with E-state index in [9.17, 15) is 8.42 Å². The number of hydrogen-bond acceptors (Lipinski definition) is 4. The number of para-hydroxylation sites is 2. The molecule has 0 aliphatic carbocycles. The van der Waals surface area contributed by atoms with E-state index in [2.05, 4.69) is 0 Å². The highest BCUT2D eigenvalue weighted by molar-refractivity contribution is 7.92. The van der Waals surface area contributed by atoms with E-state index < -0.39 is 10.0 Å². The number of hydrogen-bond donors (Lipinski definition) is 0. The number of ether oxygens (including phenoxy) is 2. The largest absolute Gasteiger partial charge is 0.494 e. The second kappa shape index (κ2) is 6.12. The number of benzene rings is 2. The van der Waals surface area contributed by atoms with E-state index >= 15 is 0 Å². The van der Waals surface area contributed by atoms with Gasteiger partial charge in [-0.1, -0.05) is 12.1 Å². The summed E-state index contributed by atoms with van der Waals surface area (Å²) in [5.74, 6) is 1.29. The fourth-order valence-electron chi connectivity index (χ4n) is 2.62. The minimum Gasteiger partial charge on any atom is -0.494 e. The van der Waals surface area contributed by atoms with Crippen LogP contribution >= 0.6 is 0 Å². The Bertz CT molecular complexity index is 817. The molecule has 122 valence electrons. The lowest BCUT2D eigenvalue weighted by atomic mass is 10.2. The average molecular weight is 333 g/mol. The first-order valence-corrected chi connectivity index (χ1v) is 8.96. The molecule has 3 rings (SSSR count). The highest BCUT2D eigenvalue weighted by Gasteiger charge is 2.30. The molecule has 0 radical (unpaired) electrons. The molecule has 0 bridgehead atoms. The lowest BCUT2D eigenvalue weighted by molar-refractivity contribution is 0.316. The van der Waals surface area contributed by atoms with Crippen molar-refractivity contribution in [3.05, 3.63) is 48.0 Å². The summed E-state index contributed by atoms with van der Waals surface area (Å²) >= 11 is 0. The second-order valence-electron chi connectivity index (χ2n) is 5.25. The molecular weight excluding hydrogens is 314 g/mol. The Balaban J connectivity index is 2.01. The summed E-state index contributed by atoms with van der Waals surface area (Å²) in [7, 11) is -3.63. The van der Waals surface area contributed by atoms with Gasteiger partial charge in [0.1, 0.15) is 18.1 Å². The Morgan fingerprint density at radius 3 is 2.74 bits per heavy atom. The summed E-state index contributed by atoms with van der Waals surface area (Å²) in [6.45, 7) is 4.92. The molecule has 0 fully saturated rings. The summed E-state index contributed by atoms with van der Waals surface area (Å²) < 4.78 is 38.4. The number of rotatable bonds is 4. The van der Waals surface area contributed by atoms with Crippen LogP contribution in [0.15, 0.2) is 47.4 Å². The van der Waals surface area contributed by atoms with Crippen LogP contribution in [0.5, 0.6) is 11.5 Å². The van der Waals surface area contributed by atoms with Crippen molar-refractivity contribution in [3.63, 3.8) is 0 Å². The van der Waals surface area contributed by atoms with Gasteiger partial charge >= 0.3 is 0 Å². The number of nitrogens with zero attached hydrogens (tertiary/aromatic N) is 1. The SMILES string of the molecule is CCOc1ccc(S(=O)(=O)N2CCOc3ccccc32)cc1C. The molecule has 0 saturated carbocycles. The zero-order valence-corrected chi connectivity index (χ0v) is 14.0. The lowest BCUT2D eigenvalue weighted by Gasteiger charge is -2.30. The zero-order valence-electron chi connectivity index (χ0n) is 13.2. The van der Waals surface area contributed by atoms with Gasteiger partial charge in [0.05, 0.1) is 23.7 Å². The van der Waals surface area contributed by atoms with E-state index in [-0.39, 0.29) is 4.90 Å². The first-order chi connectivity index (χ1) is 11.0. The summed E-state index contributed by atoms with van der Waals surface area (Å²) in [5, 5.41) is 0. The van der Waals surface area contributed by atoms with Crippen molar-refractivity contribution in [1.82, 2.24) is 0 Å². The Morgan fingerprint density at radius 1 is 1.22 bits per heavy atom. The third-order valence-electron chi connectivity index (χ3n) is 3.72. The van der Waals surface area contributed by atoms with Gasteiger partial charge in [0.2, 0.25) is 0 Å². The van der Waals surface area contributed by atoms with Crippen LogP contribution in [-0.2, 0) is 10.0 Å². The highest BCUT2D eigenvalue weighted by atomic mass is 32.2. The van der Waals surface area contributed by atoms with Gasteiger partial charge in [-0.05, 0) is 49.7 Å². The molecule has 1 aliphatic heterocycles. The van der Waals surface area contributed by atoms with Gasteiger partial charge in [0.25, 0.3) is 10.0 Å². The maximum Gasteiger partial charge on any atom is 0.264 e. The Hall–Kier alpha value is -2.21. The van der Waals surface area contributed by atoms with Crippen LogP contribution in [0.1, 0.15) is 12.5 Å². The molecule has 2 aromatic rings. The maximum atomic E-state index is 13.0. The highest BCUT2D eigenvalue weighted by Crippen LogP contribution is 2.35. The molecular formula is C17H19NO4S. The molecule has 23 heavy (non-hydrogen) atoms. The third-order valence-corrected chi connectivity index (χ3v) is 5.53. The molecule has 0 unspecified atom stereocenters. The van der Waals surface area contributed by atoms with Crippen LogP contribution in [0, 0.1) is 6.92 Å². The van der Waals surface area contributed by atoms with E-state index in [1.165, 1.54) is 4.31 Å². The summed E-state index contributed by atoms with van der Waals surface area (Å²) in [4.78, 5) is 0.259. The van der Waals surface area contributed by atoms with Crippen molar-refractivity contribution in [3.8, 4) is 11.5 Å². The van der Waals surface area contributed by atoms with E-state index in [4.69, 9.17) is 9.47 Å². The van der Waals surface area contributed by atoms with Crippen LogP contribution in [0.25, 0.3) is 0 Å². The molecule has 0 aromatic heterocycles.